The fraction of sp³-hybridized carbons (Fsp3) is 0.444. The summed E-state index contributed by atoms with van der Waals surface area (Å²) < 4.78 is 0. The molecule has 0 saturated carbocycles. The fourth-order valence-corrected chi connectivity index (χ4v) is 4.44. The van der Waals surface area contributed by atoms with E-state index in [2.05, 4.69) is 5.32 Å². The highest BCUT2D eigenvalue weighted by atomic mass is 16.3. The van der Waals surface area contributed by atoms with Crippen molar-refractivity contribution in [2.75, 3.05) is 6.61 Å². The molecule has 2 aliphatic heterocycles. The van der Waals surface area contributed by atoms with Gasteiger partial charge in [0.2, 0.25) is 17.7 Å². The standard InChI is InChI=1S/C18H18N2O5/c21-10-18(8-6-13(22)19-15(18)24)20-14(23)9-17(16(20)25)7-5-11-3-1-2-4-12(11)17/h1-4,21H,5-10H2,(H,19,22,24). The summed E-state index contributed by atoms with van der Waals surface area (Å²) in [7, 11) is 0. The molecule has 1 aromatic rings. The van der Waals surface area contributed by atoms with E-state index in [0.717, 1.165) is 16.0 Å². The summed E-state index contributed by atoms with van der Waals surface area (Å²) >= 11 is 0. The average Bonchev–Trinajstić information content (AvgIpc) is 3.09. The summed E-state index contributed by atoms with van der Waals surface area (Å²) in [5.41, 5.74) is -0.788. The van der Waals surface area contributed by atoms with Gasteiger partial charge in [0.25, 0.3) is 5.91 Å². The zero-order valence-corrected chi connectivity index (χ0v) is 13.6. The lowest BCUT2D eigenvalue weighted by Crippen LogP contribution is -2.67. The maximum atomic E-state index is 13.3. The number of aliphatic hydroxyl groups excluding tert-OH is 1. The first kappa shape index (κ1) is 16.0. The number of carbonyl (C=O) groups is 4. The first-order valence-corrected chi connectivity index (χ1v) is 8.36. The van der Waals surface area contributed by atoms with Gasteiger partial charge >= 0.3 is 0 Å². The fourth-order valence-electron chi connectivity index (χ4n) is 4.44. The van der Waals surface area contributed by atoms with Gasteiger partial charge in [-0.05, 0) is 30.4 Å². The molecule has 7 heteroatoms. The van der Waals surface area contributed by atoms with Gasteiger partial charge in [0.1, 0.15) is 0 Å². The summed E-state index contributed by atoms with van der Waals surface area (Å²) in [6.07, 6.45) is 1.12. The molecule has 25 heavy (non-hydrogen) atoms. The Kier molecular flexibility index (Phi) is 3.34. The number of imide groups is 2. The van der Waals surface area contributed by atoms with Crippen LogP contribution >= 0.6 is 0 Å². The highest BCUT2D eigenvalue weighted by Crippen LogP contribution is 2.49. The van der Waals surface area contributed by atoms with E-state index in [0.29, 0.717) is 12.8 Å². The monoisotopic (exact) mass is 342 g/mol. The first-order valence-electron chi connectivity index (χ1n) is 8.36. The van der Waals surface area contributed by atoms with Crippen LogP contribution in [0, 0.1) is 0 Å². The predicted molar refractivity (Wildman–Crippen MR) is 85.1 cm³/mol. The number of rotatable bonds is 2. The van der Waals surface area contributed by atoms with E-state index in [1.54, 1.807) is 0 Å². The third kappa shape index (κ3) is 1.96. The number of aryl methyl sites for hydroxylation is 1. The van der Waals surface area contributed by atoms with Crippen molar-refractivity contribution in [1.29, 1.82) is 0 Å². The zero-order chi connectivity index (χ0) is 17.8. The summed E-state index contributed by atoms with van der Waals surface area (Å²) in [5, 5.41) is 12.1. The quantitative estimate of drug-likeness (QED) is 0.724. The number of likely N-dealkylation sites (tertiary alicyclic amines) is 1. The van der Waals surface area contributed by atoms with Crippen molar-refractivity contribution in [3.05, 3.63) is 35.4 Å². The number of hydrogen-bond donors (Lipinski definition) is 2. The van der Waals surface area contributed by atoms with Crippen molar-refractivity contribution in [3.8, 4) is 0 Å². The minimum absolute atomic E-state index is 0.00811. The van der Waals surface area contributed by atoms with Crippen LogP contribution in [0.1, 0.15) is 36.8 Å². The molecule has 1 aromatic carbocycles. The number of piperidine rings is 1. The molecule has 2 fully saturated rings. The molecule has 0 radical (unpaired) electrons. The van der Waals surface area contributed by atoms with Gasteiger partial charge in [-0.3, -0.25) is 29.4 Å². The van der Waals surface area contributed by atoms with Crippen LogP contribution < -0.4 is 5.32 Å². The minimum Gasteiger partial charge on any atom is -0.393 e. The second-order valence-electron chi connectivity index (χ2n) is 7.02. The van der Waals surface area contributed by atoms with Gasteiger partial charge in [0.15, 0.2) is 5.54 Å². The largest absolute Gasteiger partial charge is 0.393 e. The van der Waals surface area contributed by atoms with Gasteiger partial charge in [-0.2, -0.15) is 0 Å². The lowest BCUT2D eigenvalue weighted by molar-refractivity contribution is -0.162. The Balaban J connectivity index is 1.78. The Morgan fingerprint density at radius 1 is 1.08 bits per heavy atom. The number of aliphatic hydroxyl groups is 1. The van der Waals surface area contributed by atoms with E-state index in [-0.39, 0.29) is 19.3 Å². The minimum atomic E-state index is -1.69. The van der Waals surface area contributed by atoms with Crippen LogP contribution in [0.25, 0.3) is 0 Å². The van der Waals surface area contributed by atoms with Gasteiger partial charge in [-0.25, -0.2) is 0 Å². The van der Waals surface area contributed by atoms with Crippen LogP contribution in [0.5, 0.6) is 0 Å². The maximum absolute atomic E-state index is 13.3. The average molecular weight is 342 g/mol. The highest BCUT2D eigenvalue weighted by Gasteiger charge is 2.63. The molecule has 7 nitrogen and oxygen atoms in total. The molecule has 1 spiro atoms. The van der Waals surface area contributed by atoms with Crippen LogP contribution in [-0.4, -0.2) is 45.8 Å². The molecule has 130 valence electrons. The molecule has 2 unspecified atom stereocenters. The Morgan fingerprint density at radius 3 is 2.56 bits per heavy atom. The normalized spacial score (nSPS) is 31.6. The lowest BCUT2D eigenvalue weighted by Gasteiger charge is -2.40. The van der Waals surface area contributed by atoms with Crippen LogP contribution in [0.3, 0.4) is 0 Å². The molecule has 2 N–H and O–H groups in total. The second kappa shape index (κ2) is 5.23. The summed E-state index contributed by atoms with van der Waals surface area (Å²) in [5.74, 6) is -2.16. The number of nitrogens with one attached hydrogen (secondary N) is 1. The lowest BCUT2D eigenvalue weighted by atomic mass is 9.79. The number of hydrogen-bond acceptors (Lipinski definition) is 5. The van der Waals surface area contributed by atoms with Crippen LogP contribution in [0.15, 0.2) is 24.3 Å². The van der Waals surface area contributed by atoms with Gasteiger partial charge in [0.05, 0.1) is 12.0 Å². The Bertz CT molecular complexity index is 819. The van der Waals surface area contributed by atoms with E-state index in [1.165, 1.54) is 0 Å². The summed E-state index contributed by atoms with van der Waals surface area (Å²) in [6.45, 7) is -0.693. The predicted octanol–water partition coefficient (Wildman–Crippen LogP) is -0.203. The third-order valence-electron chi connectivity index (χ3n) is 5.80. The first-order chi connectivity index (χ1) is 11.9. The Morgan fingerprint density at radius 2 is 1.84 bits per heavy atom. The van der Waals surface area contributed by atoms with E-state index < -0.39 is 41.2 Å². The van der Waals surface area contributed by atoms with Gasteiger partial charge in [-0.1, -0.05) is 24.3 Å². The van der Waals surface area contributed by atoms with Crippen molar-refractivity contribution < 1.29 is 24.3 Å². The number of fused-ring (bicyclic) bond motifs is 2. The molecular formula is C18H18N2O5. The molecule has 1 aliphatic carbocycles. The van der Waals surface area contributed by atoms with Crippen molar-refractivity contribution in [2.24, 2.45) is 0 Å². The molecule has 2 atom stereocenters. The van der Waals surface area contributed by atoms with E-state index in [4.69, 9.17) is 0 Å². The van der Waals surface area contributed by atoms with Crippen molar-refractivity contribution >= 4 is 23.6 Å². The van der Waals surface area contributed by atoms with Crippen molar-refractivity contribution in [3.63, 3.8) is 0 Å². The zero-order valence-electron chi connectivity index (χ0n) is 13.6. The molecule has 2 saturated heterocycles. The van der Waals surface area contributed by atoms with Gasteiger partial charge in [-0.15, -0.1) is 0 Å². The summed E-state index contributed by atoms with van der Waals surface area (Å²) in [6, 6.07) is 7.53. The number of carbonyl (C=O) groups excluding carboxylic acids is 4. The van der Waals surface area contributed by atoms with Crippen molar-refractivity contribution in [2.45, 2.75) is 43.1 Å². The van der Waals surface area contributed by atoms with Crippen molar-refractivity contribution in [1.82, 2.24) is 10.2 Å². The molecule has 4 rings (SSSR count). The highest BCUT2D eigenvalue weighted by molar-refractivity contribution is 6.15. The van der Waals surface area contributed by atoms with Gasteiger partial charge < -0.3 is 5.11 Å². The Labute approximate surface area is 144 Å². The second-order valence-corrected chi connectivity index (χ2v) is 7.02. The SMILES string of the molecule is O=C1CCC(CO)(N2C(=O)CC3(CCc4ccccc43)C2=O)C(=O)N1. The molecular weight excluding hydrogens is 324 g/mol. The van der Waals surface area contributed by atoms with Crippen LogP contribution in [0.2, 0.25) is 0 Å². The number of nitrogens with zero attached hydrogens (tertiary/aromatic N) is 1. The summed E-state index contributed by atoms with van der Waals surface area (Å²) in [4.78, 5) is 50.9. The topological polar surface area (TPSA) is 104 Å². The van der Waals surface area contributed by atoms with Crippen LogP contribution in [0.4, 0.5) is 0 Å². The molecule has 0 bridgehead atoms. The Hall–Kier alpha value is -2.54. The third-order valence-corrected chi connectivity index (χ3v) is 5.80. The molecule has 0 aromatic heterocycles. The molecule has 3 aliphatic rings. The van der Waals surface area contributed by atoms with E-state index in [1.807, 2.05) is 24.3 Å². The van der Waals surface area contributed by atoms with E-state index in [9.17, 15) is 24.3 Å². The molecule has 2 heterocycles. The maximum Gasteiger partial charge on any atom is 0.255 e. The molecule has 4 amide bonds. The van der Waals surface area contributed by atoms with Crippen LogP contribution in [-0.2, 0) is 31.0 Å². The number of amides is 4. The smallest absolute Gasteiger partial charge is 0.255 e. The van der Waals surface area contributed by atoms with Gasteiger partial charge in [0, 0.05) is 12.8 Å². The van der Waals surface area contributed by atoms with E-state index >= 15 is 0 Å². The number of benzene rings is 1.